The van der Waals surface area contributed by atoms with Crippen LogP contribution in [0.1, 0.15) is 25.0 Å². The molecular weight excluding hydrogens is 474 g/mol. The number of ether oxygens (including phenoxy) is 3. The van der Waals surface area contributed by atoms with Crippen LogP contribution in [0.4, 0.5) is 0 Å². The monoisotopic (exact) mass is 501 g/mol. The number of aromatic nitrogens is 1. The summed E-state index contributed by atoms with van der Waals surface area (Å²) in [6.45, 7) is 4.22. The van der Waals surface area contributed by atoms with Gasteiger partial charge in [0.25, 0.3) is 0 Å². The van der Waals surface area contributed by atoms with Gasteiger partial charge in [-0.2, -0.15) is 0 Å². The zero-order valence-electron chi connectivity index (χ0n) is 20.3. The molecule has 0 bridgehead atoms. The van der Waals surface area contributed by atoms with Crippen LogP contribution in [0, 0.1) is 0 Å². The highest BCUT2D eigenvalue weighted by Crippen LogP contribution is 2.33. The van der Waals surface area contributed by atoms with Crippen LogP contribution in [0.5, 0.6) is 17.2 Å². The Labute approximate surface area is 214 Å². The number of thioether (sulfide) groups is 1. The van der Waals surface area contributed by atoms with Gasteiger partial charge in [-0.15, -0.1) is 0 Å². The summed E-state index contributed by atoms with van der Waals surface area (Å²) in [5, 5.41) is 10.5. The Hall–Kier alpha value is -3.97. The first-order valence-corrected chi connectivity index (χ1v) is 12.3. The van der Waals surface area contributed by atoms with E-state index in [1.807, 2.05) is 86.6 Å². The fourth-order valence-electron chi connectivity index (χ4n) is 3.52. The molecule has 0 fully saturated rings. The second kappa shape index (κ2) is 11.6. The molecule has 0 aliphatic carbocycles. The second-order valence-electron chi connectivity index (χ2n) is 8.25. The maximum absolute atomic E-state index is 11.7. The highest BCUT2D eigenvalue weighted by molar-refractivity contribution is 8.04. The molecule has 0 unspecified atom stereocenters. The highest BCUT2D eigenvalue weighted by Gasteiger charge is 2.14. The molecule has 0 saturated carbocycles. The fourth-order valence-corrected chi connectivity index (χ4v) is 4.35. The molecular formula is C29H27NO5S. The first kappa shape index (κ1) is 25.1. The number of carbonyl (C=O) groups is 1. The molecule has 0 atom stereocenters. The topological polar surface area (TPSA) is 77.9 Å². The Bertz CT molecular complexity index is 1370. The van der Waals surface area contributed by atoms with E-state index in [9.17, 15) is 9.90 Å². The van der Waals surface area contributed by atoms with Gasteiger partial charge >= 0.3 is 5.97 Å². The van der Waals surface area contributed by atoms with E-state index in [0.29, 0.717) is 5.75 Å². The smallest absolute Gasteiger partial charge is 0.342 e. The maximum atomic E-state index is 11.7. The molecule has 0 radical (unpaired) electrons. The molecule has 1 aromatic heterocycles. The number of hydrogen-bond acceptors (Lipinski definition) is 6. The highest BCUT2D eigenvalue weighted by atomic mass is 32.2. The minimum absolute atomic E-state index is 0.0243. The van der Waals surface area contributed by atoms with Gasteiger partial charge < -0.3 is 19.3 Å². The van der Waals surface area contributed by atoms with E-state index in [0.717, 1.165) is 38.4 Å². The molecule has 7 heteroatoms. The van der Waals surface area contributed by atoms with Crippen molar-refractivity contribution in [2.24, 2.45) is 0 Å². The molecule has 36 heavy (non-hydrogen) atoms. The molecule has 0 amide bonds. The number of aliphatic carboxylic acids is 1. The van der Waals surface area contributed by atoms with Crippen LogP contribution in [0.25, 0.3) is 17.0 Å². The van der Waals surface area contributed by atoms with E-state index < -0.39 is 5.97 Å². The summed E-state index contributed by atoms with van der Waals surface area (Å²) in [4.78, 5) is 17.4. The second-order valence-corrected chi connectivity index (χ2v) is 9.36. The van der Waals surface area contributed by atoms with Crippen molar-refractivity contribution in [1.82, 2.24) is 4.98 Å². The maximum Gasteiger partial charge on any atom is 0.342 e. The SMILES string of the molecule is COc1ccc2ncc(COc3ccc(/C=C(/Sc4ccccc4)C(=O)O)cc3)c(OC(C)C)c2c1. The first-order valence-electron chi connectivity index (χ1n) is 11.5. The lowest BCUT2D eigenvalue weighted by Crippen LogP contribution is -2.10. The Balaban J connectivity index is 1.52. The Morgan fingerprint density at radius 1 is 1.03 bits per heavy atom. The first-order chi connectivity index (χ1) is 17.4. The van der Waals surface area contributed by atoms with E-state index in [-0.39, 0.29) is 17.6 Å². The van der Waals surface area contributed by atoms with E-state index in [2.05, 4.69) is 4.98 Å². The average Bonchev–Trinajstić information content (AvgIpc) is 2.88. The molecule has 6 nitrogen and oxygen atoms in total. The summed E-state index contributed by atoms with van der Waals surface area (Å²) < 4.78 is 17.5. The van der Waals surface area contributed by atoms with Crippen molar-refractivity contribution in [1.29, 1.82) is 0 Å². The Morgan fingerprint density at radius 3 is 2.42 bits per heavy atom. The van der Waals surface area contributed by atoms with E-state index in [1.165, 1.54) is 11.8 Å². The minimum Gasteiger partial charge on any atom is -0.497 e. The number of hydrogen-bond donors (Lipinski definition) is 1. The standard InChI is InChI=1S/C29H27NO5S/c1-19(2)35-28-21(17-30-26-14-13-23(33-3)16-25(26)28)18-34-22-11-9-20(10-12-22)15-27(29(31)32)36-24-7-5-4-6-8-24/h4-17,19H,18H2,1-3H3,(H,31,32)/b27-15+. The summed E-state index contributed by atoms with van der Waals surface area (Å²) >= 11 is 1.21. The van der Waals surface area contributed by atoms with E-state index >= 15 is 0 Å². The van der Waals surface area contributed by atoms with Crippen LogP contribution in [0.3, 0.4) is 0 Å². The third-order valence-electron chi connectivity index (χ3n) is 5.21. The number of nitrogens with zero attached hydrogens (tertiary/aromatic N) is 1. The van der Waals surface area contributed by atoms with Crippen molar-refractivity contribution in [2.75, 3.05) is 7.11 Å². The lowest BCUT2D eigenvalue weighted by molar-refractivity contribution is -0.131. The third kappa shape index (κ3) is 6.37. The molecule has 0 aliphatic heterocycles. The predicted octanol–water partition coefficient (Wildman–Crippen LogP) is 6.83. The quantitative estimate of drug-likeness (QED) is 0.189. The molecule has 3 aromatic carbocycles. The van der Waals surface area contributed by atoms with Gasteiger partial charge in [-0.3, -0.25) is 4.98 Å². The van der Waals surface area contributed by atoms with Crippen molar-refractivity contribution < 1.29 is 24.1 Å². The molecule has 1 N–H and O–H groups in total. The number of benzene rings is 3. The van der Waals surface area contributed by atoms with Gasteiger partial charge in [-0.05, 0) is 68.0 Å². The molecule has 4 rings (SSSR count). The number of carboxylic acid groups (broad SMARTS) is 1. The number of rotatable bonds is 10. The molecule has 0 aliphatic rings. The zero-order chi connectivity index (χ0) is 25.5. The predicted molar refractivity (Wildman–Crippen MR) is 143 cm³/mol. The number of methoxy groups -OCH3 is 1. The van der Waals surface area contributed by atoms with Crippen molar-refractivity contribution in [3.63, 3.8) is 0 Å². The molecule has 184 valence electrons. The Morgan fingerprint density at radius 2 is 1.75 bits per heavy atom. The van der Waals surface area contributed by atoms with Crippen molar-refractivity contribution in [3.05, 3.63) is 95.0 Å². The van der Waals surface area contributed by atoms with E-state index in [4.69, 9.17) is 14.2 Å². The van der Waals surface area contributed by atoms with Crippen LogP contribution in [-0.2, 0) is 11.4 Å². The van der Waals surface area contributed by atoms with Crippen LogP contribution in [0.15, 0.2) is 88.8 Å². The number of carboxylic acids is 1. The Kier molecular flexibility index (Phi) is 8.13. The van der Waals surface area contributed by atoms with Crippen molar-refractivity contribution in [3.8, 4) is 17.2 Å². The molecule has 0 saturated heterocycles. The van der Waals surface area contributed by atoms with Crippen LogP contribution >= 0.6 is 11.8 Å². The third-order valence-corrected chi connectivity index (χ3v) is 6.23. The largest absolute Gasteiger partial charge is 0.497 e. The molecule has 4 aromatic rings. The number of pyridine rings is 1. The van der Waals surface area contributed by atoms with Gasteiger partial charge in [-0.25, -0.2) is 4.79 Å². The lowest BCUT2D eigenvalue weighted by atomic mass is 10.1. The lowest BCUT2D eigenvalue weighted by Gasteiger charge is -2.17. The number of fused-ring (bicyclic) bond motifs is 1. The minimum atomic E-state index is -0.970. The van der Waals surface area contributed by atoms with Crippen molar-refractivity contribution in [2.45, 2.75) is 31.5 Å². The summed E-state index contributed by atoms with van der Waals surface area (Å²) in [7, 11) is 1.63. The van der Waals surface area contributed by atoms with Gasteiger partial charge in [0.05, 0.1) is 29.2 Å². The molecule has 0 spiro atoms. The summed E-state index contributed by atoms with van der Waals surface area (Å²) in [5.41, 5.74) is 2.40. The van der Waals surface area contributed by atoms with Gasteiger partial charge in [0, 0.05) is 16.5 Å². The van der Waals surface area contributed by atoms with Gasteiger partial charge in [0.1, 0.15) is 23.9 Å². The summed E-state index contributed by atoms with van der Waals surface area (Å²) in [6, 6.07) is 22.4. The summed E-state index contributed by atoms with van der Waals surface area (Å²) in [5.74, 6) is 1.13. The van der Waals surface area contributed by atoms with Gasteiger partial charge in [0.2, 0.25) is 0 Å². The van der Waals surface area contributed by atoms with Crippen LogP contribution in [-0.4, -0.2) is 29.3 Å². The fraction of sp³-hybridized carbons (Fsp3) is 0.172. The normalized spacial score (nSPS) is 11.5. The van der Waals surface area contributed by atoms with E-state index in [1.54, 1.807) is 19.4 Å². The molecule has 1 heterocycles. The van der Waals surface area contributed by atoms with Crippen molar-refractivity contribution >= 4 is 34.7 Å². The summed E-state index contributed by atoms with van der Waals surface area (Å²) in [6.07, 6.45) is 3.39. The van der Waals surface area contributed by atoms with Crippen LogP contribution in [0.2, 0.25) is 0 Å². The average molecular weight is 502 g/mol. The van der Waals surface area contributed by atoms with Gasteiger partial charge in [-0.1, -0.05) is 42.1 Å². The zero-order valence-corrected chi connectivity index (χ0v) is 21.1. The van der Waals surface area contributed by atoms with Gasteiger partial charge in [0.15, 0.2) is 0 Å². The van der Waals surface area contributed by atoms with Crippen LogP contribution < -0.4 is 14.2 Å².